The lowest BCUT2D eigenvalue weighted by molar-refractivity contribution is 0.0320. The van der Waals surface area contributed by atoms with Gasteiger partial charge in [-0.05, 0) is 18.4 Å². The third kappa shape index (κ3) is 8.03. The molecular weight excluding hydrogens is 477 g/mol. The highest BCUT2D eigenvalue weighted by molar-refractivity contribution is 14.0. The number of aliphatic imine (C=N–C) groups is 1. The Kier molecular flexibility index (Phi) is 10.7. The van der Waals surface area contributed by atoms with Crippen molar-refractivity contribution in [3.63, 3.8) is 0 Å². The summed E-state index contributed by atoms with van der Waals surface area (Å²) in [5.41, 5.74) is 2.75. The van der Waals surface area contributed by atoms with Gasteiger partial charge in [0.1, 0.15) is 0 Å². The second kappa shape index (κ2) is 12.7. The van der Waals surface area contributed by atoms with Crippen LogP contribution in [0.25, 0.3) is 0 Å². The maximum absolute atomic E-state index is 5.44. The van der Waals surface area contributed by atoms with Crippen molar-refractivity contribution >= 4 is 29.9 Å². The van der Waals surface area contributed by atoms with Crippen molar-refractivity contribution in [1.29, 1.82) is 0 Å². The van der Waals surface area contributed by atoms with Crippen LogP contribution in [0.2, 0.25) is 0 Å². The van der Waals surface area contributed by atoms with Gasteiger partial charge in [0, 0.05) is 66.0 Å². The summed E-state index contributed by atoms with van der Waals surface area (Å²) in [5.74, 6) is 1.64. The largest absolute Gasteiger partial charge is 0.379 e. The number of nitrogens with one attached hydrogen (secondary N) is 1. The van der Waals surface area contributed by atoms with Gasteiger partial charge in [-0.25, -0.2) is 0 Å². The number of benzene rings is 1. The first-order valence-electron chi connectivity index (χ1n) is 10.7. The number of morpholine rings is 1. The molecule has 1 atom stereocenters. The first kappa shape index (κ1) is 24.4. The summed E-state index contributed by atoms with van der Waals surface area (Å²) >= 11 is 0. The molecule has 0 bridgehead atoms. The molecule has 7 heteroatoms. The van der Waals surface area contributed by atoms with Crippen LogP contribution < -0.4 is 5.32 Å². The lowest BCUT2D eigenvalue weighted by Crippen LogP contribution is -2.53. The summed E-state index contributed by atoms with van der Waals surface area (Å²) in [4.78, 5) is 12.0. The number of halogens is 1. The van der Waals surface area contributed by atoms with Crippen LogP contribution in [0.1, 0.15) is 18.1 Å². The maximum atomic E-state index is 5.44. The quantitative estimate of drug-likeness (QED) is 0.358. The number of ether oxygens (including phenoxy) is 1. The molecule has 0 aromatic heterocycles. The summed E-state index contributed by atoms with van der Waals surface area (Å²) in [6.07, 6.45) is 0. The number of guanidine groups is 1. The molecule has 6 nitrogen and oxygen atoms in total. The Morgan fingerprint density at radius 2 is 1.83 bits per heavy atom. The Hall–Kier alpha value is -0.900. The SMILES string of the molecule is CN=C(NCC(C)CN1CCOCC1)N1CCN(Cc2cccc(C)c2)CC1.I. The van der Waals surface area contributed by atoms with Gasteiger partial charge < -0.3 is 15.0 Å². The molecule has 2 aliphatic rings. The fraction of sp³-hybridized carbons (Fsp3) is 0.682. The number of rotatable bonds is 6. The second-order valence-corrected chi connectivity index (χ2v) is 8.20. The van der Waals surface area contributed by atoms with E-state index in [-0.39, 0.29) is 24.0 Å². The van der Waals surface area contributed by atoms with E-state index in [1.54, 1.807) is 0 Å². The van der Waals surface area contributed by atoms with Gasteiger partial charge in [-0.3, -0.25) is 14.8 Å². The molecule has 2 fully saturated rings. The predicted octanol–water partition coefficient (Wildman–Crippen LogP) is 2.27. The van der Waals surface area contributed by atoms with Crippen molar-refractivity contribution < 1.29 is 4.74 Å². The highest BCUT2D eigenvalue weighted by Crippen LogP contribution is 2.11. The molecule has 0 radical (unpaired) electrons. The van der Waals surface area contributed by atoms with Crippen LogP contribution in [-0.4, -0.2) is 93.3 Å². The van der Waals surface area contributed by atoms with Crippen molar-refractivity contribution in [2.75, 3.05) is 72.6 Å². The van der Waals surface area contributed by atoms with Gasteiger partial charge >= 0.3 is 0 Å². The molecule has 0 spiro atoms. The highest BCUT2D eigenvalue weighted by atomic mass is 127. The zero-order valence-electron chi connectivity index (χ0n) is 18.3. The molecule has 0 saturated carbocycles. The number of piperazine rings is 1. The summed E-state index contributed by atoms with van der Waals surface area (Å²) in [7, 11) is 1.90. The standard InChI is InChI=1S/C22H37N5O.HI/c1-19-5-4-6-21(15-19)18-25-7-9-27(10-8-25)22(23-3)24-16-20(2)17-26-11-13-28-14-12-26;/h4-6,15,20H,7-14,16-18H2,1-3H3,(H,23,24);1H. The topological polar surface area (TPSA) is 43.3 Å². The molecule has 2 heterocycles. The van der Waals surface area contributed by atoms with Gasteiger partial charge in [0.15, 0.2) is 5.96 Å². The van der Waals surface area contributed by atoms with Crippen LogP contribution in [0.15, 0.2) is 29.3 Å². The Morgan fingerprint density at radius 1 is 1.10 bits per heavy atom. The normalized spacial score (nSPS) is 20.2. The van der Waals surface area contributed by atoms with Gasteiger partial charge in [-0.2, -0.15) is 0 Å². The average molecular weight is 515 g/mol. The molecule has 3 rings (SSSR count). The Morgan fingerprint density at radius 3 is 2.48 bits per heavy atom. The van der Waals surface area contributed by atoms with Gasteiger partial charge in [-0.1, -0.05) is 36.8 Å². The Bertz CT molecular complexity index is 627. The van der Waals surface area contributed by atoms with Crippen LogP contribution in [0.3, 0.4) is 0 Å². The van der Waals surface area contributed by atoms with Crippen molar-refractivity contribution in [3.8, 4) is 0 Å². The highest BCUT2D eigenvalue weighted by Gasteiger charge is 2.20. The van der Waals surface area contributed by atoms with E-state index < -0.39 is 0 Å². The van der Waals surface area contributed by atoms with Gasteiger partial charge in [0.2, 0.25) is 0 Å². The van der Waals surface area contributed by atoms with E-state index in [1.165, 1.54) is 11.1 Å². The van der Waals surface area contributed by atoms with Crippen LogP contribution in [0.4, 0.5) is 0 Å². The van der Waals surface area contributed by atoms with E-state index in [0.29, 0.717) is 5.92 Å². The molecule has 1 aromatic carbocycles. The number of hydrogen-bond donors (Lipinski definition) is 1. The first-order chi connectivity index (χ1) is 13.6. The van der Waals surface area contributed by atoms with Crippen LogP contribution in [0, 0.1) is 12.8 Å². The van der Waals surface area contributed by atoms with Gasteiger partial charge in [0.05, 0.1) is 13.2 Å². The summed E-state index contributed by atoms with van der Waals surface area (Å²) < 4.78 is 5.44. The molecule has 2 saturated heterocycles. The first-order valence-corrected chi connectivity index (χ1v) is 10.7. The minimum atomic E-state index is 0. The molecule has 1 unspecified atom stereocenters. The molecule has 2 aliphatic heterocycles. The monoisotopic (exact) mass is 515 g/mol. The van der Waals surface area contributed by atoms with E-state index in [9.17, 15) is 0 Å². The zero-order chi connectivity index (χ0) is 19.8. The van der Waals surface area contributed by atoms with E-state index >= 15 is 0 Å². The Balaban J connectivity index is 0.00000300. The molecular formula is C22H38IN5O. The number of hydrogen-bond acceptors (Lipinski definition) is 4. The lowest BCUT2D eigenvalue weighted by atomic mass is 10.1. The second-order valence-electron chi connectivity index (χ2n) is 8.20. The third-order valence-electron chi connectivity index (χ3n) is 5.65. The van der Waals surface area contributed by atoms with Gasteiger partial charge in [-0.15, -0.1) is 24.0 Å². The van der Waals surface area contributed by atoms with E-state index in [2.05, 4.69) is 63.1 Å². The van der Waals surface area contributed by atoms with E-state index in [0.717, 1.165) is 78.1 Å². The molecule has 0 amide bonds. The molecule has 1 N–H and O–H groups in total. The number of aryl methyl sites for hydroxylation is 1. The molecule has 164 valence electrons. The maximum Gasteiger partial charge on any atom is 0.193 e. The summed E-state index contributed by atoms with van der Waals surface area (Å²) in [5, 5.41) is 3.60. The minimum absolute atomic E-state index is 0. The predicted molar refractivity (Wildman–Crippen MR) is 131 cm³/mol. The molecule has 29 heavy (non-hydrogen) atoms. The van der Waals surface area contributed by atoms with Crippen LogP contribution in [-0.2, 0) is 11.3 Å². The average Bonchev–Trinajstić information content (AvgIpc) is 2.70. The van der Waals surface area contributed by atoms with Crippen molar-refractivity contribution in [3.05, 3.63) is 35.4 Å². The van der Waals surface area contributed by atoms with Gasteiger partial charge in [0.25, 0.3) is 0 Å². The lowest BCUT2D eigenvalue weighted by Gasteiger charge is -2.37. The minimum Gasteiger partial charge on any atom is -0.379 e. The molecule has 0 aliphatic carbocycles. The van der Waals surface area contributed by atoms with Crippen molar-refractivity contribution in [2.24, 2.45) is 10.9 Å². The third-order valence-corrected chi connectivity index (χ3v) is 5.65. The smallest absolute Gasteiger partial charge is 0.193 e. The van der Waals surface area contributed by atoms with Crippen LogP contribution >= 0.6 is 24.0 Å². The van der Waals surface area contributed by atoms with Crippen LogP contribution in [0.5, 0.6) is 0 Å². The summed E-state index contributed by atoms with van der Waals surface area (Å²) in [6, 6.07) is 8.85. The number of nitrogens with zero attached hydrogens (tertiary/aromatic N) is 4. The summed E-state index contributed by atoms with van der Waals surface area (Å²) in [6.45, 7) is 15.7. The van der Waals surface area contributed by atoms with E-state index in [4.69, 9.17) is 4.74 Å². The fourth-order valence-corrected chi connectivity index (χ4v) is 4.07. The fourth-order valence-electron chi connectivity index (χ4n) is 4.07. The van der Waals surface area contributed by atoms with Crippen molar-refractivity contribution in [2.45, 2.75) is 20.4 Å². The van der Waals surface area contributed by atoms with E-state index in [1.807, 2.05) is 7.05 Å². The van der Waals surface area contributed by atoms with Crippen molar-refractivity contribution in [1.82, 2.24) is 20.0 Å². The molecule has 1 aromatic rings. The Labute approximate surface area is 193 Å². The zero-order valence-corrected chi connectivity index (χ0v) is 20.6.